The van der Waals surface area contributed by atoms with Gasteiger partial charge < -0.3 is 8.97 Å². The molecule has 11 heavy (non-hydrogen) atoms. The van der Waals surface area contributed by atoms with Gasteiger partial charge in [-0.3, -0.25) is 8.93 Å². The van der Waals surface area contributed by atoms with Gasteiger partial charge in [0.2, 0.25) is 0 Å². The van der Waals surface area contributed by atoms with Crippen molar-refractivity contribution in [3.63, 3.8) is 0 Å². The van der Waals surface area contributed by atoms with Crippen LogP contribution in [0.1, 0.15) is 15.3 Å². The van der Waals surface area contributed by atoms with E-state index in [0.717, 1.165) is 0 Å². The summed E-state index contributed by atoms with van der Waals surface area (Å²) in [5.74, 6) is 0. The van der Waals surface area contributed by atoms with Crippen molar-refractivity contribution in [3.05, 3.63) is 12.5 Å². The summed E-state index contributed by atoms with van der Waals surface area (Å²) in [5, 5.41) is 0. The van der Waals surface area contributed by atoms with Crippen LogP contribution in [0.3, 0.4) is 0 Å². The molecule has 1 unspecified atom stereocenters. The number of hydrogen-bond donors (Lipinski definition) is 1. The van der Waals surface area contributed by atoms with Crippen molar-refractivity contribution < 1.29 is 14.6 Å². The standard InChI is InChI=1S/C3H4N2O3S.C2H6.H2/c6-9(7)5-3-4-1-2-8-3;1-2;/h1-2H,(H,4,5)(H,6,7);1-2H3;1H/p-1. The number of oxazole rings is 1. The molecule has 6 heteroatoms. The molecule has 0 saturated heterocycles. The van der Waals surface area contributed by atoms with Crippen LogP contribution in [-0.2, 0) is 11.3 Å². The Morgan fingerprint density at radius 3 is 2.82 bits per heavy atom. The van der Waals surface area contributed by atoms with E-state index in [-0.39, 0.29) is 7.44 Å². The SMILES string of the molecule is CC.O=S([O-])Nc1ncco1.[HH]. The Bertz CT molecular complexity index is 204. The number of nitrogens with zero attached hydrogens (tertiary/aromatic N) is 1. The van der Waals surface area contributed by atoms with Crippen LogP contribution in [0.15, 0.2) is 16.9 Å². The molecule has 5 nitrogen and oxygen atoms in total. The number of hydrogen-bond acceptors (Lipinski definition) is 4. The fourth-order valence-corrected chi connectivity index (χ4v) is 0.589. The molecule has 0 radical (unpaired) electrons. The fraction of sp³-hybridized carbons (Fsp3) is 0.400. The monoisotopic (exact) mass is 179 g/mol. The Kier molecular flexibility index (Phi) is 5.40. The third-order valence-electron chi connectivity index (χ3n) is 0.603. The van der Waals surface area contributed by atoms with E-state index in [2.05, 4.69) is 9.40 Å². The summed E-state index contributed by atoms with van der Waals surface area (Å²) in [5.41, 5.74) is 0. The molecule has 0 saturated carbocycles. The molecule has 1 heterocycles. The zero-order valence-electron chi connectivity index (χ0n) is 6.23. The van der Waals surface area contributed by atoms with Gasteiger partial charge in [0.1, 0.15) is 6.26 Å². The third kappa shape index (κ3) is 4.51. The molecule has 1 aromatic rings. The number of rotatable bonds is 2. The number of anilines is 1. The van der Waals surface area contributed by atoms with Crippen molar-refractivity contribution in [1.82, 2.24) is 4.98 Å². The molecule has 1 atom stereocenters. The van der Waals surface area contributed by atoms with Gasteiger partial charge in [-0.25, -0.2) is 4.98 Å². The van der Waals surface area contributed by atoms with Crippen molar-refractivity contribution in [1.29, 1.82) is 0 Å². The van der Waals surface area contributed by atoms with E-state index in [0.29, 0.717) is 0 Å². The predicted molar refractivity (Wildman–Crippen MR) is 42.5 cm³/mol. The maximum absolute atomic E-state index is 9.86. The molecular formula is C5H11N2O3S-. The van der Waals surface area contributed by atoms with Crippen molar-refractivity contribution in [2.45, 2.75) is 13.8 Å². The minimum absolute atomic E-state index is 0. The van der Waals surface area contributed by atoms with Gasteiger partial charge in [0.15, 0.2) is 0 Å². The normalized spacial score (nSPS) is 11.2. The van der Waals surface area contributed by atoms with Crippen LogP contribution in [0.25, 0.3) is 0 Å². The minimum Gasteiger partial charge on any atom is -0.755 e. The quantitative estimate of drug-likeness (QED) is 0.691. The second kappa shape index (κ2) is 5.87. The van der Waals surface area contributed by atoms with E-state index in [1.807, 2.05) is 18.6 Å². The first-order chi connectivity index (χ1) is 5.29. The second-order valence-electron chi connectivity index (χ2n) is 1.17. The van der Waals surface area contributed by atoms with Crippen LogP contribution < -0.4 is 4.72 Å². The van der Waals surface area contributed by atoms with Gasteiger partial charge in [0.05, 0.1) is 6.20 Å². The van der Waals surface area contributed by atoms with Crippen LogP contribution in [0.2, 0.25) is 0 Å². The minimum atomic E-state index is -2.35. The molecular weight excluding hydrogens is 168 g/mol. The highest BCUT2D eigenvalue weighted by Gasteiger charge is 1.91. The summed E-state index contributed by atoms with van der Waals surface area (Å²) in [7, 11) is 0. The fourth-order valence-electron chi connectivity index (χ4n) is 0.345. The lowest BCUT2D eigenvalue weighted by atomic mass is 11.0. The highest BCUT2D eigenvalue weighted by Crippen LogP contribution is 1.99. The third-order valence-corrected chi connectivity index (χ3v) is 0.944. The molecule has 0 bridgehead atoms. The molecule has 0 amide bonds. The first kappa shape index (κ1) is 10.1. The summed E-state index contributed by atoms with van der Waals surface area (Å²) in [6, 6.07) is -0.0247. The molecule has 1 rings (SSSR count). The van der Waals surface area contributed by atoms with Crippen LogP contribution in [0.5, 0.6) is 0 Å². The van der Waals surface area contributed by atoms with E-state index in [9.17, 15) is 8.76 Å². The molecule has 0 aliphatic rings. The van der Waals surface area contributed by atoms with Gasteiger partial charge >= 0.3 is 6.01 Å². The maximum atomic E-state index is 9.86. The Morgan fingerprint density at radius 1 is 1.82 bits per heavy atom. The summed E-state index contributed by atoms with van der Waals surface area (Å²) in [6.07, 6.45) is 2.62. The lowest BCUT2D eigenvalue weighted by molar-refractivity contribution is 0.534. The van der Waals surface area contributed by atoms with E-state index in [1.54, 1.807) is 0 Å². The van der Waals surface area contributed by atoms with E-state index < -0.39 is 11.3 Å². The molecule has 0 fully saturated rings. The summed E-state index contributed by atoms with van der Waals surface area (Å²) in [6.45, 7) is 4.00. The van der Waals surface area contributed by atoms with Gasteiger partial charge in [-0.15, -0.1) is 0 Å². The topological polar surface area (TPSA) is 78.2 Å². The van der Waals surface area contributed by atoms with Crippen molar-refractivity contribution >= 4 is 17.3 Å². The molecule has 0 aromatic carbocycles. The average Bonchev–Trinajstić information content (AvgIpc) is 2.43. The Morgan fingerprint density at radius 2 is 2.45 bits per heavy atom. The molecule has 1 aromatic heterocycles. The highest BCUT2D eigenvalue weighted by molar-refractivity contribution is 7.80. The predicted octanol–water partition coefficient (Wildman–Crippen LogP) is 1.15. The van der Waals surface area contributed by atoms with Gasteiger partial charge in [0, 0.05) is 12.7 Å². The Balaban J connectivity index is 0. The summed E-state index contributed by atoms with van der Waals surface area (Å²) in [4.78, 5) is 3.49. The van der Waals surface area contributed by atoms with Crippen molar-refractivity contribution in [2.24, 2.45) is 0 Å². The van der Waals surface area contributed by atoms with Gasteiger partial charge in [-0.05, 0) is 0 Å². The van der Waals surface area contributed by atoms with Crippen LogP contribution in [-0.4, -0.2) is 13.7 Å². The smallest absolute Gasteiger partial charge is 0.305 e. The Hall–Kier alpha value is -0.880. The Labute approximate surface area is 68.7 Å². The van der Waals surface area contributed by atoms with Crippen LogP contribution in [0, 0.1) is 0 Å². The first-order valence-electron chi connectivity index (χ1n) is 3.04. The highest BCUT2D eigenvalue weighted by atomic mass is 32.2. The number of nitrogens with one attached hydrogen (secondary N) is 1. The first-order valence-corrected chi connectivity index (χ1v) is 4.12. The van der Waals surface area contributed by atoms with Gasteiger partial charge in [-0.2, -0.15) is 0 Å². The van der Waals surface area contributed by atoms with Crippen LogP contribution >= 0.6 is 0 Å². The van der Waals surface area contributed by atoms with Crippen LogP contribution in [0.4, 0.5) is 6.01 Å². The van der Waals surface area contributed by atoms with Crippen molar-refractivity contribution in [2.75, 3.05) is 4.72 Å². The van der Waals surface area contributed by atoms with Crippen molar-refractivity contribution in [3.8, 4) is 0 Å². The summed E-state index contributed by atoms with van der Waals surface area (Å²) >= 11 is -2.35. The lowest BCUT2D eigenvalue weighted by Crippen LogP contribution is -2.01. The molecule has 66 valence electrons. The molecule has 0 aliphatic heterocycles. The van der Waals surface area contributed by atoms with E-state index in [4.69, 9.17) is 0 Å². The average molecular weight is 179 g/mol. The molecule has 1 N–H and O–H groups in total. The van der Waals surface area contributed by atoms with Gasteiger partial charge in [-0.1, -0.05) is 13.8 Å². The zero-order valence-corrected chi connectivity index (χ0v) is 7.05. The summed E-state index contributed by atoms with van der Waals surface area (Å²) < 4.78 is 26.2. The second-order valence-corrected chi connectivity index (χ2v) is 1.85. The molecule has 0 aliphatic carbocycles. The maximum Gasteiger partial charge on any atom is 0.305 e. The largest absolute Gasteiger partial charge is 0.755 e. The zero-order chi connectivity index (χ0) is 8.69. The lowest BCUT2D eigenvalue weighted by Gasteiger charge is -2.01. The van der Waals surface area contributed by atoms with Gasteiger partial charge in [0.25, 0.3) is 0 Å². The van der Waals surface area contributed by atoms with E-state index in [1.165, 1.54) is 12.5 Å². The van der Waals surface area contributed by atoms with E-state index >= 15 is 0 Å². The molecule has 0 spiro atoms. The number of aromatic nitrogens is 1.